The predicted octanol–water partition coefficient (Wildman–Crippen LogP) is -0.304. The second-order valence-corrected chi connectivity index (χ2v) is 4.09. The van der Waals surface area contributed by atoms with Gasteiger partial charge in [0, 0.05) is 6.54 Å². The van der Waals surface area contributed by atoms with Gasteiger partial charge in [-0.25, -0.2) is 0 Å². The third-order valence-corrected chi connectivity index (χ3v) is 2.51. The molecule has 3 N–H and O–H groups in total. The molecular formula is C9H14N6O3S. The minimum atomic E-state index is -0.616. The summed E-state index contributed by atoms with van der Waals surface area (Å²) in [5.74, 6) is -0.720. The number of carbonyl (C=O) groups is 1. The van der Waals surface area contributed by atoms with Crippen LogP contribution in [0, 0.1) is 17.0 Å². The number of nitrogens with two attached hydrogens (primary N) is 1. The van der Waals surface area contributed by atoms with Gasteiger partial charge in [-0.15, -0.1) is 0 Å². The Labute approximate surface area is 114 Å². The van der Waals surface area contributed by atoms with E-state index in [0.29, 0.717) is 12.2 Å². The molecule has 0 bridgehead atoms. The maximum absolute atomic E-state index is 11.7. The first-order valence-corrected chi connectivity index (χ1v) is 5.81. The average Bonchev–Trinajstić information content (AvgIpc) is 2.67. The summed E-state index contributed by atoms with van der Waals surface area (Å²) in [7, 11) is 0. The Bertz CT molecular complexity index is 514. The van der Waals surface area contributed by atoms with Gasteiger partial charge in [-0.1, -0.05) is 0 Å². The first-order chi connectivity index (χ1) is 8.85. The molecule has 0 aliphatic heterocycles. The average molecular weight is 286 g/mol. The fourth-order valence-corrected chi connectivity index (χ4v) is 1.53. The Morgan fingerprint density at radius 2 is 2.37 bits per heavy atom. The highest BCUT2D eigenvalue weighted by atomic mass is 32.1. The zero-order valence-corrected chi connectivity index (χ0v) is 11.3. The molecule has 0 aliphatic carbocycles. The number of hydrogen-bond acceptors (Lipinski definition) is 5. The van der Waals surface area contributed by atoms with Gasteiger partial charge in [0.1, 0.15) is 6.54 Å². The van der Waals surface area contributed by atoms with Crippen LogP contribution in [-0.4, -0.2) is 37.3 Å². The Kier molecular flexibility index (Phi) is 4.75. The monoisotopic (exact) mass is 286 g/mol. The SMILES string of the molecule is CCN(NC(=O)Cn1nc([N+](=O)[O-])cc1C)C(N)=S. The standard InChI is InChI=1S/C9H14N6O3S/c1-3-13(9(10)19)12-8(16)5-14-6(2)4-7(11-14)15(17)18/h4H,3,5H2,1-2H3,(H2,10,19)(H,12,16). The number of thiocarbonyl (C=S) groups is 1. The molecular weight excluding hydrogens is 272 g/mol. The highest BCUT2D eigenvalue weighted by molar-refractivity contribution is 7.80. The van der Waals surface area contributed by atoms with E-state index in [4.69, 9.17) is 18.0 Å². The molecule has 0 radical (unpaired) electrons. The number of nitrogens with one attached hydrogen (secondary N) is 1. The van der Waals surface area contributed by atoms with E-state index in [-0.39, 0.29) is 17.5 Å². The lowest BCUT2D eigenvalue weighted by Crippen LogP contribution is -2.49. The van der Waals surface area contributed by atoms with Crippen LogP contribution in [0.2, 0.25) is 0 Å². The Morgan fingerprint density at radius 1 is 1.74 bits per heavy atom. The fraction of sp³-hybridized carbons (Fsp3) is 0.444. The van der Waals surface area contributed by atoms with Crippen LogP contribution in [0.1, 0.15) is 12.6 Å². The van der Waals surface area contributed by atoms with E-state index >= 15 is 0 Å². The Balaban J connectivity index is 2.72. The second-order valence-electron chi connectivity index (χ2n) is 3.68. The van der Waals surface area contributed by atoms with Gasteiger partial charge in [0.05, 0.1) is 16.9 Å². The zero-order valence-electron chi connectivity index (χ0n) is 10.5. The van der Waals surface area contributed by atoms with Gasteiger partial charge in [-0.2, -0.15) is 4.68 Å². The summed E-state index contributed by atoms with van der Waals surface area (Å²) in [5, 5.41) is 15.6. The van der Waals surface area contributed by atoms with Crippen molar-refractivity contribution >= 4 is 29.1 Å². The minimum Gasteiger partial charge on any atom is -0.375 e. The first-order valence-electron chi connectivity index (χ1n) is 5.40. The van der Waals surface area contributed by atoms with Crippen molar-refractivity contribution in [2.24, 2.45) is 5.73 Å². The van der Waals surface area contributed by atoms with Crippen molar-refractivity contribution in [3.05, 3.63) is 21.9 Å². The molecule has 0 atom stereocenters. The summed E-state index contributed by atoms with van der Waals surface area (Å²) in [6.45, 7) is 3.65. The Hall–Kier alpha value is -2.23. The molecule has 0 saturated heterocycles. The normalized spacial score (nSPS) is 10.0. The fourth-order valence-electron chi connectivity index (χ4n) is 1.35. The number of nitrogens with zero attached hydrogens (tertiary/aromatic N) is 4. The Morgan fingerprint density at radius 3 is 2.79 bits per heavy atom. The highest BCUT2D eigenvalue weighted by Crippen LogP contribution is 2.10. The molecule has 19 heavy (non-hydrogen) atoms. The molecule has 0 saturated carbocycles. The number of aryl methyl sites for hydroxylation is 1. The van der Waals surface area contributed by atoms with Gasteiger partial charge in [-0.05, 0) is 31.0 Å². The van der Waals surface area contributed by atoms with Gasteiger partial charge < -0.3 is 15.8 Å². The highest BCUT2D eigenvalue weighted by Gasteiger charge is 2.18. The lowest BCUT2D eigenvalue weighted by Gasteiger charge is -2.21. The van der Waals surface area contributed by atoms with E-state index in [1.165, 1.54) is 15.8 Å². The van der Waals surface area contributed by atoms with E-state index in [0.717, 1.165) is 0 Å². The minimum absolute atomic E-state index is 0.0408. The van der Waals surface area contributed by atoms with Crippen molar-refractivity contribution in [2.45, 2.75) is 20.4 Å². The summed E-state index contributed by atoms with van der Waals surface area (Å²) < 4.78 is 1.24. The molecule has 104 valence electrons. The van der Waals surface area contributed by atoms with Crippen molar-refractivity contribution in [1.82, 2.24) is 20.2 Å². The van der Waals surface area contributed by atoms with Crippen LogP contribution in [0.25, 0.3) is 0 Å². The smallest absolute Gasteiger partial charge is 0.375 e. The molecule has 1 heterocycles. The molecule has 0 unspecified atom stereocenters. The van der Waals surface area contributed by atoms with E-state index in [2.05, 4.69) is 10.5 Å². The van der Waals surface area contributed by atoms with Crippen molar-refractivity contribution < 1.29 is 9.72 Å². The largest absolute Gasteiger partial charge is 0.390 e. The topological polar surface area (TPSA) is 119 Å². The van der Waals surface area contributed by atoms with Gasteiger partial charge >= 0.3 is 5.82 Å². The maximum atomic E-state index is 11.7. The van der Waals surface area contributed by atoms with E-state index in [1.54, 1.807) is 13.8 Å². The van der Waals surface area contributed by atoms with Crippen molar-refractivity contribution in [3.8, 4) is 0 Å². The summed E-state index contributed by atoms with van der Waals surface area (Å²) >= 11 is 4.74. The van der Waals surface area contributed by atoms with Gasteiger partial charge in [0.15, 0.2) is 5.11 Å². The number of hydrazine groups is 1. The van der Waals surface area contributed by atoms with Crippen LogP contribution in [0.5, 0.6) is 0 Å². The molecule has 9 nitrogen and oxygen atoms in total. The number of aromatic nitrogens is 2. The summed E-state index contributed by atoms with van der Waals surface area (Å²) in [4.78, 5) is 21.7. The predicted molar refractivity (Wildman–Crippen MR) is 70.9 cm³/mol. The van der Waals surface area contributed by atoms with Crippen LogP contribution in [-0.2, 0) is 11.3 Å². The third kappa shape index (κ3) is 3.88. The van der Waals surface area contributed by atoms with Gasteiger partial charge in [0.25, 0.3) is 5.91 Å². The molecule has 10 heteroatoms. The van der Waals surface area contributed by atoms with E-state index in [9.17, 15) is 14.9 Å². The molecule has 1 aromatic heterocycles. The van der Waals surface area contributed by atoms with Gasteiger partial charge in [-0.3, -0.25) is 15.2 Å². The third-order valence-electron chi connectivity index (χ3n) is 2.29. The number of carbonyl (C=O) groups excluding carboxylic acids is 1. The van der Waals surface area contributed by atoms with Crippen molar-refractivity contribution in [3.63, 3.8) is 0 Å². The van der Waals surface area contributed by atoms with Crippen LogP contribution >= 0.6 is 12.2 Å². The van der Waals surface area contributed by atoms with Crippen LogP contribution in [0.15, 0.2) is 6.07 Å². The molecule has 0 spiro atoms. The van der Waals surface area contributed by atoms with E-state index in [1.807, 2.05) is 0 Å². The molecule has 1 rings (SSSR count). The van der Waals surface area contributed by atoms with Crippen LogP contribution in [0.3, 0.4) is 0 Å². The number of rotatable bonds is 4. The maximum Gasteiger partial charge on any atom is 0.390 e. The number of hydrogen-bond donors (Lipinski definition) is 2. The van der Waals surface area contributed by atoms with Gasteiger partial charge in [0.2, 0.25) is 0 Å². The van der Waals surface area contributed by atoms with Crippen molar-refractivity contribution in [1.29, 1.82) is 0 Å². The van der Waals surface area contributed by atoms with Crippen molar-refractivity contribution in [2.75, 3.05) is 6.54 Å². The summed E-state index contributed by atoms with van der Waals surface area (Å²) in [5.41, 5.74) is 8.39. The second kappa shape index (κ2) is 6.09. The molecule has 0 aromatic carbocycles. The quantitative estimate of drug-likeness (QED) is 0.443. The molecule has 0 aliphatic rings. The lowest BCUT2D eigenvalue weighted by molar-refractivity contribution is -0.389. The molecule has 1 aromatic rings. The molecule has 0 fully saturated rings. The summed E-state index contributed by atoms with van der Waals surface area (Å²) in [6.07, 6.45) is 0. The summed E-state index contributed by atoms with van der Waals surface area (Å²) in [6, 6.07) is 1.29. The first kappa shape index (κ1) is 14.8. The van der Waals surface area contributed by atoms with Crippen LogP contribution < -0.4 is 11.2 Å². The molecule has 1 amide bonds. The number of amides is 1. The lowest BCUT2D eigenvalue weighted by atomic mass is 10.4. The number of nitro groups is 1. The zero-order chi connectivity index (χ0) is 14.6. The van der Waals surface area contributed by atoms with Crippen LogP contribution in [0.4, 0.5) is 5.82 Å². The van der Waals surface area contributed by atoms with E-state index < -0.39 is 10.8 Å².